The maximum atomic E-state index is 14.2. The van der Waals surface area contributed by atoms with Gasteiger partial charge in [-0.1, -0.05) is 44.2 Å². The number of amides is 3. The van der Waals surface area contributed by atoms with Crippen molar-refractivity contribution in [1.82, 2.24) is 44.9 Å². The van der Waals surface area contributed by atoms with Gasteiger partial charge in [0.1, 0.15) is 40.6 Å². The number of carbonyl (C=O) groups excluding carboxylic acids is 5. The number of aromatic nitrogens is 5. The van der Waals surface area contributed by atoms with E-state index in [1.807, 2.05) is 21.9 Å². The highest BCUT2D eigenvalue weighted by Crippen LogP contribution is 2.37. The lowest BCUT2D eigenvalue weighted by atomic mass is 9.83. The van der Waals surface area contributed by atoms with Crippen molar-refractivity contribution in [3.05, 3.63) is 91.9 Å². The standard InChI is InChI=1S/C57H73N11O9S/c1-36-44-34-60-57(64-52(44)68(41-15-8-9-16-41)55(73)49(36)38(3)69)62-47-20-19-42(33-59-47)65-23-25-66(26-24-65)48(70)21-27-75-28-29-76-30-31-77-43-17-10-14-40(32-43)51(71)45-35-78-54(61-45)46-18-11-22-67(46)56(74)50(39-12-6-5-7-13-39)63-53(72)37(2)58-4/h10,14,17,19-20,32-35,37,39,41,46,50,58H,5-9,11-13,15-16,18,21-31H2,1-4H3,(H,63,72)(H,59,60,62,64)/t37?,46-,50?/m0/s1. The number of carbonyl (C=O) groups is 5. The van der Waals surface area contributed by atoms with E-state index >= 15 is 0 Å². The quantitative estimate of drug-likeness (QED) is 0.0455. The number of thiazole rings is 1. The summed E-state index contributed by atoms with van der Waals surface area (Å²) in [7, 11) is 1.73. The first-order chi connectivity index (χ1) is 37.9. The first-order valence-electron chi connectivity index (χ1n) is 27.7. The number of benzene rings is 1. The van der Waals surface area contributed by atoms with Crippen LogP contribution in [0.2, 0.25) is 0 Å². The number of nitrogens with one attached hydrogen (secondary N) is 3. The molecule has 0 bridgehead atoms. The molecule has 6 heterocycles. The molecule has 3 amide bonds. The number of hydrogen-bond donors (Lipinski definition) is 3. The van der Waals surface area contributed by atoms with E-state index in [1.165, 1.54) is 18.3 Å². The van der Waals surface area contributed by atoms with Gasteiger partial charge in [0.05, 0.1) is 62.4 Å². The third-order valence-corrected chi connectivity index (χ3v) is 16.7. The van der Waals surface area contributed by atoms with Crippen LogP contribution in [0.1, 0.15) is 140 Å². The third kappa shape index (κ3) is 13.2. The molecule has 2 saturated heterocycles. The summed E-state index contributed by atoms with van der Waals surface area (Å²) >= 11 is 1.38. The summed E-state index contributed by atoms with van der Waals surface area (Å²) < 4.78 is 19.1. The number of anilines is 3. The van der Waals surface area contributed by atoms with Crippen molar-refractivity contribution in [2.24, 2.45) is 5.92 Å². The van der Waals surface area contributed by atoms with Crippen molar-refractivity contribution in [3.63, 3.8) is 0 Å². The Morgan fingerprint density at radius 2 is 1.56 bits per heavy atom. The van der Waals surface area contributed by atoms with Crippen LogP contribution in [0.4, 0.5) is 17.5 Å². The molecular weight excluding hydrogens is 1010 g/mol. The van der Waals surface area contributed by atoms with E-state index in [1.54, 1.807) is 67.5 Å². The largest absolute Gasteiger partial charge is 0.491 e. The van der Waals surface area contributed by atoms with Crippen LogP contribution < -0.4 is 31.1 Å². The maximum Gasteiger partial charge on any atom is 0.263 e. The molecule has 4 aromatic heterocycles. The smallest absolute Gasteiger partial charge is 0.263 e. The molecule has 4 aliphatic rings. The number of Topliss-reactive ketones (excluding diaryl/α,β-unsaturated/α-hetero) is 1. The minimum absolute atomic E-state index is 0.0146. The van der Waals surface area contributed by atoms with E-state index in [9.17, 15) is 28.8 Å². The molecule has 2 aliphatic carbocycles. The van der Waals surface area contributed by atoms with Gasteiger partial charge < -0.3 is 44.9 Å². The molecule has 0 radical (unpaired) electrons. The van der Waals surface area contributed by atoms with Crippen LogP contribution in [0.15, 0.2) is 59.0 Å². The van der Waals surface area contributed by atoms with Gasteiger partial charge in [-0.05, 0) is 102 Å². The van der Waals surface area contributed by atoms with Crippen LogP contribution in [0.5, 0.6) is 5.75 Å². The number of rotatable bonds is 23. The summed E-state index contributed by atoms with van der Waals surface area (Å²) in [6.07, 6.45) is 14.1. The second-order valence-corrected chi connectivity index (χ2v) is 21.7. The molecule has 4 fully saturated rings. The van der Waals surface area contributed by atoms with Gasteiger partial charge in [-0.3, -0.25) is 33.3 Å². The van der Waals surface area contributed by atoms with Crippen LogP contribution >= 0.6 is 11.3 Å². The average Bonchev–Trinajstić information content (AvgIpc) is 4.29. The first kappa shape index (κ1) is 56.1. The Labute approximate surface area is 459 Å². The Morgan fingerprint density at radius 1 is 0.821 bits per heavy atom. The van der Waals surface area contributed by atoms with Crippen LogP contribution in [0.3, 0.4) is 0 Å². The molecule has 0 spiro atoms. The van der Waals surface area contributed by atoms with Gasteiger partial charge in [0.2, 0.25) is 29.5 Å². The van der Waals surface area contributed by atoms with Gasteiger partial charge in [-0.15, -0.1) is 11.3 Å². The Morgan fingerprint density at radius 3 is 2.29 bits per heavy atom. The van der Waals surface area contributed by atoms with Crippen molar-refractivity contribution in [3.8, 4) is 5.75 Å². The number of fused-ring (bicyclic) bond motifs is 1. The number of pyridine rings is 2. The lowest BCUT2D eigenvalue weighted by Gasteiger charge is -2.36. The molecule has 2 aliphatic heterocycles. The normalized spacial score (nSPS) is 18.1. The van der Waals surface area contributed by atoms with Crippen LogP contribution in [-0.4, -0.2) is 148 Å². The summed E-state index contributed by atoms with van der Waals surface area (Å²) in [6.45, 7) is 9.55. The molecule has 416 valence electrons. The summed E-state index contributed by atoms with van der Waals surface area (Å²) in [5, 5.41) is 12.4. The van der Waals surface area contributed by atoms with Crippen LogP contribution in [0.25, 0.3) is 11.0 Å². The number of piperazine rings is 1. The fourth-order valence-corrected chi connectivity index (χ4v) is 12.2. The molecule has 1 aromatic carbocycles. The highest BCUT2D eigenvalue weighted by molar-refractivity contribution is 7.10. The van der Waals surface area contributed by atoms with Crippen molar-refractivity contribution in [1.29, 1.82) is 0 Å². The monoisotopic (exact) mass is 1090 g/mol. The van der Waals surface area contributed by atoms with Crippen molar-refractivity contribution < 1.29 is 38.2 Å². The highest BCUT2D eigenvalue weighted by Gasteiger charge is 2.40. The summed E-state index contributed by atoms with van der Waals surface area (Å²) in [4.78, 5) is 105. The number of likely N-dealkylation sites (tertiary alicyclic amines) is 1. The zero-order valence-corrected chi connectivity index (χ0v) is 46.1. The molecule has 78 heavy (non-hydrogen) atoms. The van der Waals surface area contributed by atoms with E-state index < -0.39 is 12.1 Å². The summed E-state index contributed by atoms with van der Waals surface area (Å²) in [5.41, 5.74) is 2.70. The molecule has 20 nitrogen and oxygen atoms in total. The Hall–Kier alpha value is -6.68. The molecule has 2 saturated carbocycles. The number of ketones is 2. The van der Waals surface area contributed by atoms with Gasteiger partial charge in [-0.25, -0.2) is 15.0 Å². The van der Waals surface area contributed by atoms with Gasteiger partial charge in [-0.2, -0.15) is 4.98 Å². The maximum absolute atomic E-state index is 14.2. The Bertz CT molecular complexity index is 2980. The highest BCUT2D eigenvalue weighted by atomic mass is 32.1. The molecular formula is C57H73N11O9S. The van der Waals surface area contributed by atoms with Crippen molar-refractivity contribution in [2.75, 3.05) is 83.0 Å². The van der Waals surface area contributed by atoms with Crippen molar-refractivity contribution in [2.45, 2.75) is 122 Å². The Kier molecular flexibility index (Phi) is 18.9. The predicted octanol–water partition coefficient (Wildman–Crippen LogP) is 6.73. The number of aryl methyl sites for hydroxylation is 1. The van der Waals surface area contributed by atoms with Gasteiger partial charge in [0.25, 0.3) is 5.56 Å². The topological polar surface area (TPSA) is 232 Å². The van der Waals surface area contributed by atoms with E-state index in [2.05, 4.69) is 30.8 Å². The van der Waals surface area contributed by atoms with E-state index in [4.69, 9.17) is 24.2 Å². The minimum Gasteiger partial charge on any atom is -0.491 e. The predicted molar refractivity (Wildman–Crippen MR) is 297 cm³/mol. The fraction of sp³-hybridized carbons (Fsp3) is 0.544. The fourth-order valence-electron chi connectivity index (χ4n) is 11.3. The number of ether oxygens (including phenoxy) is 3. The first-order valence-corrected chi connectivity index (χ1v) is 28.6. The van der Waals surface area contributed by atoms with Gasteiger partial charge in [0.15, 0.2) is 5.78 Å². The zero-order valence-electron chi connectivity index (χ0n) is 45.3. The second-order valence-electron chi connectivity index (χ2n) is 20.8. The molecule has 5 aromatic rings. The van der Waals surface area contributed by atoms with Gasteiger partial charge >= 0.3 is 0 Å². The molecule has 9 rings (SSSR count). The third-order valence-electron chi connectivity index (χ3n) is 15.7. The SMILES string of the molecule is CNC(C)C(=O)NC(C(=O)N1CCC[C@H]1c1nc(C(=O)c2cccc(OCCOCCOCCC(=O)N3CCN(c4ccc(Nc5ncc6c(C)c(C(C)=O)c(=O)n(C7CCCC7)c6n5)nc4)CC3)c2)cs1)C1CCCCC1. The van der Waals surface area contributed by atoms with Crippen LogP contribution in [-0.2, 0) is 23.9 Å². The van der Waals surface area contributed by atoms with E-state index in [0.29, 0.717) is 97.9 Å². The molecule has 3 N–H and O–H groups in total. The molecule has 21 heteroatoms. The molecule has 3 atom stereocenters. The Balaban J connectivity index is 0.662. The number of hydrogen-bond acceptors (Lipinski definition) is 17. The second kappa shape index (κ2) is 26.3. The van der Waals surface area contributed by atoms with Crippen molar-refractivity contribution >= 4 is 69.1 Å². The molecule has 2 unspecified atom stereocenters. The lowest BCUT2D eigenvalue weighted by molar-refractivity contribution is -0.139. The van der Waals surface area contributed by atoms with Crippen LogP contribution in [0, 0.1) is 12.8 Å². The van der Waals surface area contributed by atoms with Gasteiger partial charge in [0, 0.05) is 61.3 Å². The lowest BCUT2D eigenvalue weighted by Crippen LogP contribution is -2.55. The summed E-state index contributed by atoms with van der Waals surface area (Å²) in [5.74, 6) is 0.761. The number of nitrogens with zero attached hydrogens (tertiary/aromatic N) is 8. The number of likely N-dealkylation sites (N-methyl/N-ethyl adjacent to an activating group) is 1. The summed E-state index contributed by atoms with van der Waals surface area (Å²) in [6, 6.07) is 9.52. The van der Waals surface area contributed by atoms with E-state index in [-0.39, 0.29) is 78.0 Å². The zero-order chi connectivity index (χ0) is 54.7. The van der Waals surface area contributed by atoms with E-state index in [0.717, 1.165) is 81.3 Å². The minimum atomic E-state index is -0.591. The average molecular weight is 1090 g/mol.